The summed E-state index contributed by atoms with van der Waals surface area (Å²) in [5.74, 6) is 1.39. The summed E-state index contributed by atoms with van der Waals surface area (Å²) in [6.45, 7) is 2.15. The van der Waals surface area contributed by atoms with E-state index in [1.54, 1.807) is 7.11 Å². The lowest BCUT2D eigenvalue weighted by molar-refractivity contribution is 0.414. The van der Waals surface area contributed by atoms with Crippen molar-refractivity contribution < 1.29 is 4.74 Å². The van der Waals surface area contributed by atoms with Crippen molar-refractivity contribution >= 4 is 0 Å². The van der Waals surface area contributed by atoms with Crippen LogP contribution in [0.3, 0.4) is 0 Å². The Morgan fingerprint density at radius 2 is 2.13 bits per heavy atom. The van der Waals surface area contributed by atoms with E-state index in [2.05, 4.69) is 13.0 Å². The van der Waals surface area contributed by atoms with E-state index in [-0.39, 0.29) is 5.41 Å². The van der Waals surface area contributed by atoms with Gasteiger partial charge in [-0.05, 0) is 30.0 Å². The molecule has 15 heavy (non-hydrogen) atoms. The van der Waals surface area contributed by atoms with Gasteiger partial charge in [0.2, 0.25) is 0 Å². The molecule has 0 spiro atoms. The second-order valence-electron chi connectivity index (χ2n) is 4.12. The van der Waals surface area contributed by atoms with Gasteiger partial charge in [0.05, 0.1) is 18.6 Å². The van der Waals surface area contributed by atoms with Crippen molar-refractivity contribution in [2.24, 2.45) is 5.92 Å². The second-order valence-corrected chi connectivity index (χ2v) is 4.12. The van der Waals surface area contributed by atoms with Crippen LogP contribution in [-0.4, -0.2) is 7.11 Å². The highest BCUT2D eigenvalue weighted by Gasteiger charge is 2.54. The van der Waals surface area contributed by atoms with Gasteiger partial charge in [0.15, 0.2) is 0 Å². The summed E-state index contributed by atoms with van der Waals surface area (Å²) in [5, 5.41) is 9.26. The molecule has 2 nitrogen and oxygen atoms in total. The third-order valence-corrected chi connectivity index (χ3v) is 3.40. The van der Waals surface area contributed by atoms with E-state index >= 15 is 0 Å². The largest absolute Gasteiger partial charge is 0.497 e. The molecule has 0 N–H and O–H groups in total. The molecule has 2 atom stereocenters. The maximum Gasteiger partial charge on any atom is 0.118 e. The zero-order valence-electron chi connectivity index (χ0n) is 9.16. The Bertz CT molecular complexity index is 390. The number of methoxy groups -OCH3 is 1. The van der Waals surface area contributed by atoms with Gasteiger partial charge < -0.3 is 4.74 Å². The maximum absolute atomic E-state index is 9.26. The van der Waals surface area contributed by atoms with Crippen LogP contribution in [0.1, 0.15) is 25.3 Å². The first-order valence-electron chi connectivity index (χ1n) is 5.32. The van der Waals surface area contributed by atoms with E-state index in [0.717, 1.165) is 24.2 Å². The van der Waals surface area contributed by atoms with Crippen molar-refractivity contribution in [3.63, 3.8) is 0 Å². The molecule has 1 fully saturated rings. The number of hydrogen-bond acceptors (Lipinski definition) is 2. The fourth-order valence-electron chi connectivity index (χ4n) is 2.27. The lowest BCUT2D eigenvalue weighted by atomic mass is 9.94. The molecule has 0 aromatic heterocycles. The Kier molecular flexibility index (Phi) is 2.40. The molecule has 1 aliphatic rings. The fraction of sp³-hybridized carbons (Fsp3) is 0.462. The molecule has 0 radical (unpaired) electrons. The minimum Gasteiger partial charge on any atom is -0.497 e. The van der Waals surface area contributed by atoms with Gasteiger partial charge in [-0.15, -0.1) is 0 Å². The highest BCUT2D eigenvalue weighted by atomic mass is 16.5. The number of ether oxygens (including phenoxy) is 1. The van der Waals surface area contributed by atoms with Crippen molar-refractivity contribution in [2.75, 3.05) is 7.11 Å². The second kappa shape index (κ2) is 3.58. The first-order valence-corrected chi connectivity index (χ1v) is 5.32. The van der Waals surface area contributed by atoms with Gasteiger partial charge in [-0.25, -0.2) is 0 Å². The van der Waals surface area contributed by atoms with Gasteiger partial charge in [-0.1, -0.05) is 25.5 Å². The molecule has 2 unspecified atom stereocenters. The summed E-state index contributed by atoms with van der Waals surface area (Å²) in [5.41, 5.74) is 0.929. The van der Waals surface area contributed by atoms with Crippen LogP contribution in [0.25, 0.3) is 0 Å². The molecule has 1 aromatic rings. The van der Waals surface area contributed by atoms with Crippen molar-refractivity contribution in [1.29, 1.82) is 5.26 Å². The number of hydrogen-bond donors (Lipinski definition) is 0. The van der Waals surface area contributed by atoms with E-state index in [1.807, 2.05) is 24.3 Å². The van der Waals surface area contributed by atoms with Crippen LogP contribution in [0.2, 0.25) is 0 Å². The van der Waals surface area contributed by atoms with Gasteiger partial charge in [-0.3, -0.25) is 0 Å². The first kappa shape index (κ1) is 10.0. The van der Waals surface area contributed by atoms with E-state index in [4.69, 9.17) is 4.74 Å². The zero-order valence-corrected chi connectivity index (χ0v) is 9.16. The van der Waals surface area contributed by atoms with Gasteiger partial charge >= 0.3 is 0 Å². The molecule has 0 amide bonds. The van der Waals surface area contributed by atoms with Crippen LogP contribution in [0.15, 0.2) is 24.3 Å². The van der Waals surface area contributed by atoms with Crippen molar-refractivity contribution in [2.45, 2.75) is 25.2 Å². The molecule has 78 valence electrons. The third kappa shape index (κ3) is 1.48. The quantitative estimate of drug-likeness (QED) is 0.753. The van der Waals surface area contributed by atoms with Crippen LogP contribution in [0.4, 0.5) is 0 Å². The van der Waals surface area contributed by atoms with E-state index in [9.17, 15) is 5.26 Å². The van der Waals surface area contributed by atoms with Crippen molar-refractivity contribution in [1.82, 2.24) is 0 Å². The summed E-state index contributed by atoms with van der Waals surface area (Å²) in [6, 6.07) is 10.3. The summed E-state index contributed by atoms with van der Waals surface area (Å²) in [4.78, 5) is 0. The summed E-state index contributed by atoms with van der Waals surface area (Å²) < 4.78 is 5.11. The molecule has 1 aliphatic carbocycles. The summed E-state index contributed by atoms with van der Waals surface area (Å²) in [6.07, 6.45) is 2.09. The molecule has 1 saturated carbocycles. The smallest absolute Gasteiger partial charge is 0.118 e. The van der Waals surface area contributed by atoms with Crippen LogP contribution in [0, 0.1) is 17.2 Å². The lowest BCUT2D eigenvalue weighted by Crippen LogP contribution is -2.06. The first-order chi connectivity index (χ1) is 7.26. The molecular formula is C13H15NO. The predicted octanol–water partition coefficient (Wildman–Crippen LogP) is 2.89. The normalized spacial score (nSPS) is 28.2. The van der Waals surface area contributed by atoms with E-state index < -0.39 is 0 Å². The lowest BCUT2D eigenvalue weighted by Gasteiger charge is -2.09. The SMILES string of the molecule is CCC1CC1(C#N)c1ccc(OC)cc1. The standard InChI is InChI=1S/C13H15NO/c1-3-10-8-13(10,9-14)11-4-6-12(15-2)7-5-11/h4-7,10H,3,8H2,1-2H3. The highest BCUT2D eigenvalue weighted by Crippen LogP contribution is 2.55. The predicted molar refractivity (Wildman–Crippen MR) is 58.7 cm³/mol. The van der Waals surface area contributed by atoms with Crippen LogP contribution in [0.5, 0.6) is 5.75 Å². The Balaban J connectivity index is 2.27. The molecule has 0 heterocycles. The maximum atomic E-state index is 9.26. The van der Waals surface area contributed by atoms with E-state index in [0.29, 0.717) is 5.92 Å². The Hall–Kier alpha value is -1.49. The summed E-state index contributed by atoms with van der Waals surface area (Å²) in [7, 11) is 1.65. The topological polar surface area (TPSA) is 33.0 Å². The van der Waals surface area contributed by atoms with Crippen molar-refractivity contribution in [3.05, 3.63) is 29.8 Å². The third-order valence-electron chi connectivity index (χ3n) is 3.40. The Morgan fingerprint density at radius 3 is 2.53 bits per heavy atom. The van der Waals surface area contributed by atoms with Crippen LogP contribution in [-0.2, 0) is 5.41 Å². The minimum absolute atomic E-state index is 0.207. The number of nitrogens with zero attached hydrogens (tertiary/aromatic N) is 1. The molecule has 1 aromatic carbocycles. The molecule has 0 aliphatic heterocycles. The Morgan fingerprint density at radius 1 is 1.47 bits per heavy atom. The van der Waals surface area contributed by atoms with Crippen LogP contribution >= 0.6 is 0 Å². The minimum atomic E-state index is -0.207. The van der Waals surface area contributed by atoms with E-state index in [1.165, 1.54) is 0 Å². The average Bonchev–Trinajstić information content (AvgIpc) is 3.04. The molecular weight excluding hydrogens is 186 g/mol. The number of nitriles is 1. The van der Waals surface area contributed by atoms with Crippen LogP contribution < -0.4 is 4.74 Å². The zero-order chi connectivity index (χ0) is 10.9. The van der Waals surface area contributed by atoms with Gasteiger partial charge in [-0.2, -0.15) is 5.26 Å². The fourth-order valence-corrected chi connectivity index (χ4v) is 2.27. The molecule has 0 bridgehead atoms. The van der Waals surface area contributed by atoms with Crippen molar-refractivity contribution in [3.8, 4) is 11.8 Å². The molecule has 2 rings (SSSR count). The van der Waals surface area contributed by atoms with Gasteiger partial charge in [0.1, 0.15) is 5.75 Å². The van der Waals surface area contributed by atoms with Gasteiger partial charge in [0, 0.05) is 0 Å². The number of rotatable bonds is 3. The average molecular weight is 201 g/mol. The summed E-state index contributed by atoms with van der Waals surface area (Å²) >= 11 is 0. The number of benzene rings is 1. The Labute approximate surface area is 90.5 Å². The monoisotopic (exact) mass is 201 g/mol. The van der Waals surface area contributed by atoms with Gasteiger partial charge in [0.25, 0.3) is 0 Å². The molecule has 2 heteroatoms. The molecule has 0 saturated heterocycles. The highest BCUT2D eigenvalue weighted by molar-refractivity contribution is 5.43.